The summed E-state index contributed by atoms with van der Waals surface area (Å²) in [5, 5.41) is 0. The van der Waals surface area contributed by atoms with Gasteiger partial charge in [0, 0.05) is 51.7 Å². The van der Waals surface area contributed by atoms with Crippen LogP contribution in [0, 0.1) is 0 Å². The smallest absolute Gasteiger partial charge is 0.338 e. The fourth-order valence-electron chi connectivity index (χ4n) is 1.58. The third-order valence-electron chi connectivity index (χ3n) is 2.65. The summed E-state index contributed by atoms with van der Waals surface area (Å²) in [6.45, 7) is 4.20. The average Bonchev–Trinajstić information content (AvgIpc) is 3.04. The van der Waals surface area contributed by atoms with Crippen LogP contribution in [0.2, 0.25) is 0 Å². The molecule has 0 fully saturated rings. The molecule has 0 aliphatic carbocycles. The highest BCUT2D eigenvalue weighted by molar-refractivity contribution is 7.94. The van der Waals surface area contributed by atoms with Crippen LogP contribution in [-0.4, -0.2) is 45.0 Å². The molecule has 0 saturated heterocycles. The summed E-state index contributed by atoms with van der Waals surface area (Å²) in [7, 11) is -6.23. The number of aromatic nitrogens is 4. The number of hydrogen-bond donors (Lipinski definition) is 2. The lowest BCUT2D eigenvalue weighted by Gasteiger charge is -1.92. The van der Waals surface area contributed by atoms with E-state index in [2.05, 4.69) is 27.4 Å². The summed E-state index contributed by atoms with van der Waals surface area (Å²) < 4.78 is 59.6. The van der Waals surface area contributed by atoms with E-state index in [9.17, 15) is 16.8 Å². The molecule has 2 aromatic rings. The Morgan fingerprint density at radius 2 is 1.20 bits per heavy atom. The van der Waals surface area contributed by atoms with E-state index >= 15 is 0 Å². The highest BCUT2D eigenvalue weighted by atomic mass is 32.3. The van der Waals surface area contributed by atoms with Crippen molar-refractivity contribution < 1.29 is 29.6 Å². The molecule has 0 spiro atoms. The number of imidazole rings is 2. The number of hydrogen-bond acceptors (Lipinski definition) is 7. The van der Waals surface area contributed by atoms with E-state index in [-0.39, 0.29) is 0 Å². The molecule has 0 radical (unpaired) electrons. The number of nitrogens with zero attached hydrogens (tertiary/aromatic N) is 4. The first-order chi connectivity index (χ1) is 11.4. The summed E-state index contributed by atoms with van der Waals surface area (Å²) in [4.78, 5) is 8.19. The molecular formula is C12H22N4O7S2. The second-order valence-corrected chi connectivity index (χ2v) is 6.79. The van der Waals surface area contributed by atoms with Gasteiger partial charge in [0.15, 0.2) is 0 Å². The van der Waals surface area contributed by atoms with Gasteiger partial charge in [0.05, 0.1) is 0 Å². The number of rotatable bonds is 4. The maximum absolute atomic E-state index is 9.44. The summed E-state index contributed by atoms with van der Waals surface area (Å²) in [6, 6.07) is 0. The fourth-order valence-corrected chi connectivity index (χ4v) is 2.45. The predicted molar refractivity (Wildman–Crippen MR) is 89.4 cm³/mol. The minimum absolute atomic E-state index is 1.02. The first-order valence-corrected chi connectivity index (χ1v) is 9.71. The Bertz CT molecular complexity index is 770. The Kier molecular flexibility index (Phi) is 9.51. The zero-order chi connectivity index (χ0) is 19.7. The van der Waals surface area contributed by atoms with Crippen molar-refractivity contribution in [2.24, 2.45) is 14.1 Å². The van der Waals surface area contributed by atoms with E-state index in [4.69, 9.17) is 9.11 Å². The van der Waals surface area contributed by atoms with Crippen LogP contribution in [0.1, 0.15) is 25.5 Å². The molecule has 0 unspecified atom stereocenters. The summed E-state index contributed by atoms with van der Waals surface area (Å²) in [6.07, 6.45) is 9.59. The monoisotopic (exact) mass is 398 g/mol. The largest absolute Gasteiger partial charge is 0.413 e. The van der Waals surface area contributed by atoms with Crippen LogP contribution in [0.3, 0.4) is 0 Å². The average molecular weight is 398 g/mol. The molecule has 144 valence electrons. The van der Waals surface area contributed by atoms with Crippen molar-refractivity contribution in [2.45, 2.75) is 26.7 Å². The van der Waals surface area contributed by atoms with Gasteiger partial charge in [0.2, 0.25) is 0 Å². The van der Waals surface area contributed by atoms with Crippen LogP contribution in [-0.2, 0) is 51.4 Å². The van der Waals surface area contributed by atoms with Crippen molar-refractivity contribution in [1.82, 2.24) is 19.1 Å². The van der Waals surface area contributed by atoms with Crippen molar-refractivity contribution in [1.29, 1.82) is 0 Å². The van der Waals surface area contributed by atoms with Gasteiger partial charge in [-0.25, -0.2) is 9.97 Å². The zero-order valence-electron chi connectivity index (χ0n) is 14.3. The lowest BCUT2D eigenvalue weighted by molar-refractivity contribution is 0.344. The lowest BCUT2D eigenvalue weighted by Crippen LogP contribution is -2.10. The van der Waals surface area contributed by atoms with Crippen molar-refractivity contribution >= 4 is 20.8 Å². The second-order valence-electron chi connectivity index (χ2n) is 4.54. The van der Waals surface area contributed by atoms with E-state index in [0.717, 1.165) is 24.5 Å². The molecule has 2 N–H and O–H groups in total. The molecule has 2 rings (SSSR count). The van der Waals surface area contributed by atoms with Gasteiger partial charge in [0.1, 0.15) is 11.6 Å². The van der Waals surface area contributed by atoms with E-state index < -0.39 is 20.8 Å². The quantitative estimate of drug-likeness (QED) is 0.703. The van der Waals surface area contributed by atoms with Gasteiger partial charge in [-0.2, -0.15) is 16.8 Å². The molecular weight excluding hydrogens is 376 g/mol. The van der Waals surface area contributed by atoms with E-state index in [1.807, 2.05) is 48.0 Å². The van der Waals surface area contributed by atoms with E-state index in [1.54, 1.807) is 0 Å². The molecule has 0 saturated carbocycles. The van der Waals surface area contributed by atoms with Gasteiger partial charge in [-0.05, 0) is 0 Å². The highest BCUT2D eigenvalue weighted by Crippen LogP contribution is 1.93. The van der Waals surface area contributed by atoms with Crippen LogP contribution in [0.5, 0.6) is 0 Å². The van der Waals surface area contributed by atoms with E-state index in [0.29, 0.717) is 0 Å². The summed E-state index contributed by atoms with van der Waals surface area (Å²) >= 11 is 0. The van der Waals surface area contributed by atoms with Crippen molar-refractivity contribution in [3.05, 3.63) is 36.4 Å². The van der Waals surface area contributed by atoms with Gasteiger partial charge in [-0.1, -0.05) is 13.8 Å². The molecule has 0 aromatic carbocycles. The molecule has 11 nitrogen and oxygen atoms in total. The standard InChI is InChI=1S/2C6H10N2.H2O7S2/c2*1-3-6-7-4-5-8(6)2;1-8(2,3)7-9(4,5)6/h2*4-5H,3H2,1-2H3;(H,1,2,3)(H,4,5,6). The first-order valence-electron chi connectivity index (χ1n) is 6.97. The first kappa shape index (κ1) is 23.2. The molecule has 13 heteroatoms. The Balaban J connectivity index is 0.000000346. The van der Waals surface area contributed by atoms with Gasteiger partial charge < -0.3 is 9.13 Å². The molecule has 0 atom stereocenters. The van der Waals surface area contributed by atoms with Gasteiger partial charge in [0.25, 0.3) is 0 Å². The highest BCUT2D eigenvalue weighted by Gasteiger charge is 2.15. The Morgan fingerprint density at radius 1 is 0.880 bits per heavy atom. The SMILES string of the molecule is CCc1nccn1C.CCc1nccn1C.O=S(=O)(O)OS(=O)(=O)O. The molecule has 2 aromatic heterocycles. The van der Waals surface area contributed by atoms with Gasteiger partial charge in [-0.3, -0.25) is 9.11 Å². The van der Waals surface area contributed by atoms with Crippen LogP contribution < -0.4 is 0 Å². The maximum atomic E-state index is 9.44. The normalized spacial score (nSPS) is 11.1. The maximum Gasteiger partial charge on any atom is 0.413 e. The number of aryl methyl sites for hydroxylation is 4. The lowest BCUT2D eigenvalue weighted by atomic mass is 10.5. The molecule has 2 heterocycles. The van der Waals surface area contributed by atoms with Crippen LogP contribution >= 0.6 is 0 Å². The topological polar surface area (TPSA) is 154 Å². The fraction of sp³-hybridized carbons (Fsp3) is 0.500. The third-order valence-corrected chi connectivity index (χ3v) is 4.02. The molecule has 0 amide bonds. The summed E-state index contributed by atoms with van der Waals surface area (Å²) in [5.74, 6) is 2.29. The molecule has 0 aliphatic rings. The van der Waals surface area contributed by atoms with Crippen molar-refractivity contribution in [3.63, 3.8) is 0 Å². The van der Waals surface area contributed by atoms with E-state index in [1.165, 1.54) is 0 Å². The van der Waals surface area contributed by atoms with Gasteiger partial charge >= 0.3 is 20.8 Å². The minimum Gasteiger partial charge on any atom is -0.338 e. The van der Waals surface area contributed by atoms with Crippen LogP contribution in [0.25, 0.3) is 0 Å². The summed E-state index contributed by atoms with van der Waals surface area (Å²) in [5.41, 5.74) is 0. The predicted octanol–water partition coefficient (Wildman–Crippen LogP) is 0.574. The van der Waals surface area contributed by atoms with Crippen molar-refractivity contribution in [2.75, 3.05) is 0 Å². The molecule has 25 heavy (non-hydrogen) atoms. The van der Waals surface area contributed by atoms with Crippen molar-refractivity contribution in [3.8, 4) is 0 Å². The molecule has 0 bridgehead atoms. The molecule has 0 aliphatic heterocycles. The Hall–Kier alpha value is -1.80. The Morgan fingerprint density at radius 3 is 1.28 bits per heavy atom. The van der Waals surface area contributed by atoms with Crippen LogP contribution in [0.15, 0.2) is 24.8 Å². The zero-order valence-corrected chi connectivity index (χ0v) is 15.9. The van der Waals surface area contributed by atoms with Crippen LogP contribution in [0.4, 0.5) is 0 Å². The Labute approximate surface area is 147 Å². The third kappa shape index (κ3) is 11.4. The minimum atomic E-state index is -5.12. The van der Waals surface area contributed by atoms with Gasteiger partial charge in [-0.15, -0.1) is 3.63 Å². The second kappa shape index (κ2) is 10.2.